The summed E-state index contributed by atoms with van der Waals surface area (Å²) in [5.41, 5.74) is 7.79. The summed E-state index contributed by atoms with van der Waals surface area (Å²) < 4.78 is 0. The van der Waals surface area contributed by atoms with Crippen molar-refractivity contribution in [2.24, 2.45) is 5.73 Å². The van der Waals surface area contributed by atoms with Gasteiger partial charge >= 0.3 is 0 Å². The third-order valence-corrected chi connectivity index (χ3v) is 6.78. The molecule has 4 rings (SSSR count). The highest BCUT2D eigenvalue weighted by molar-refractivity contribution is 5.94. The van der Waals surface area contributed by atoms with Gasteiger partial charge in [0.2, 0.25) is 11.8 Å². The Balaban J connectivity index is 1.34. The maximum atomic E-state index is 13.0. The number of benzene rings is 1. The third kappa shape index (κ3) is 4.08. The Hall–Kier alpha value is -2.96. The SMILES string of the molecule is CN(C)C(=O)c1ccc(CN2C(=O)C3C[C@H]2CN3CC(N)C(=O)N2CCCC2C#N)cc1. The molecular formula is C23H30N6O3. The van der Waals surface area contributed by atoms with Gasteiger partial charge in [-0.3, -0.25) is 19.3 Å². The van der Waals surface area contributed by atoms with Crippen LogP contribution in [0.1, 0.15) is 35.2 Å². The number of hydrogen-bond donors (Lipinski definition) is 1. The second kappa shape index (κ2) is 8.88. The van der Waals surface area contributed by atoms with E-state index in [-0.39, 0.29) is 35.8 Å². The van der Waals surface area contributed by atoms with Crippen molar-refractivity contribution in [3.63, 3.8) is 0 Å². The predicted molar refractivity (Wildman–Crippen MR) is 117 cm³/mol. The number of fused-ring (bicyclic) bond motifs is 2. The van der Waals surface area contributed by atoms with Gasteiger partial charge in [0.05, 0.1) is 18.2 Å². The van der Waals surface area contributed by atoms with Crippen molar-refractivity contribution in [1.82, 2.24) is 19.6 Å². The fraction of sp³-hybridized carbons (Fsp3) is 0.565. The molecule has 0 saturated carbocycles. The molecule has 0 spiro atoms. The predicted octanol–water partition coefficient (Wildman–Crippen LogP) is 0.0154. The minimum Gasteiger partial charge on any atom is -0.345 e. The molecule has 3 aliphatic rings. The Bertz CT molecular complexity index is 940. The van der Waals surface area contributed by atoms with Gasteiger partial charge in [-0.05, 0) is 37.0 Å². The van der Waals surface area contributed by atoms with Crippen LogP contribution in [-0.4, -0.2) is 95.2 Å². The van der Waals surface area contributed by atoms with Gasteiger partial charge in [0, 0.05) is 51.9 Å². The summed E-state index contributed by atoms with van der Waals surface area (Å²) in [6.45, 7) is 2.10. The fourth-order valence-corrected chi connectivity index (χ4v) is 5.06. The second-order valence-electron chi connectivity index (χ2n) is 9.15. The molecule has 0 aliphatic carbocycles. The number of hydrogen-bond acceptors (Lipinski definition) is 6. The summed E-state index contributed by atoms with van der Waals surface area (Å²) in [7, 11) is 3.43. The molecule has 3 saturated heterocycles. The van der Waals surface area contributed by atoms with E-state index in [4.69, 9.17) is 5.73 Å². The number of carbonyl (C=O) groups is 3. The lowest BCUT2D eigenvalue weighted by atomic mass is 10.1. The largest absolute Gasteiger partial charge is 0.345 e. The molecule has 3 aliphatic heterocycles. The lowest BCUT2D eigenvalue weighted by Gasteiger charge is -2.35. The standard InChI is InChI=1S/C23H30N6O3/c1-26(2)21(30)16-7-5-15(6-8-16)12-29-18-10-20(23(29)32)27(13-18)14-19(25)22(31)28-9-3-4-17(28)11-24/h5-8,17-20H,3-4,9-10,12-14,25H2,1-2H3/t17?,18-,19?,20?/m0/s1. The van der Waals surface area contributed by atoms with E-state index in [0.717, 1.165) is 18.4 Å². The average Bonchev–Trinajstić information content (AvgIpc) is 3.49. The zero-order valence-electron chi connectivity index (χ0n) is 18.6. The molecule has 3 heterocycles. The first-order chi connectivity index (χ1) is 15.3. The van der Waals surface area contributed by atoms with Crippen LogP contribution in [0.2, 0.25) is 0 Å². The van der Waals surface area contributed by atoms with Crippen molar-refractivity contribution in [3.8, 4) is 6.07 Å². The third-order valence-electron chi connectivity index (χ3n) is 6.78. The Kier molecular flexibility index (Phi) is 6.17. The number of nitrogens with zero attached hydrogens (tertiary/aromatic N) is 5. The number of likely N-dealkylation sites (tertiary alicyclic amines) is 3. The van der Waals surface area contributed by atoms with Crippen LogP contribution < -0.4 is 5.73 Å². The van der Waals surface area contributed by atoms with Gasteiger partial charge in [0.15, 0.2) is 0 Å². The van der Waals surface area contributed by atoms with E-state index in [0.29, 0.717) is 38.2 Å². The van der Waals surface area contributed by atoms with E-state index >= 15 is 0 Å². The molecule has 0 aromatic heterocycles. The van der Waals surface area contributed by atoms with E-state index in [1.807, 2.05) is 21.9 Å². The Morgan fingerprint density at radius 2 is 2.00 bits per heavy atom. The van der Waals surface area contributed by atoms with Crippen molar-refractivity contribution in [1.29, 1.82) is 5.26 Å². The summed E-state index contributed by atoms with van der Waals surface area (Å²) in [6.07, 6.45) is 2.26. The van der Waals surface area contributed by atoms with Crippen LogP contribution in [0.4, 0.5) is 0 Å². The molecule has 1 aromatic rings. The number of piperazine rings is 1. The number of nitrogens with two attached hydrogens (primary N) is 1. The van der Waals surface area contributed by atoms with E-state index in [1.165, 1.54) is 4.90 Å². The van der Waals surface area contributed by atoms with Crippen LogP contribution in [0.5, 0.6) is 0 Å². The number of nitriles is 1. The molecule has 2 N–H and O–H groups in total. The smallest absolute Gasteiger partial charge is 0.253 e. The monoisotopic (exact) mass is 438 g/mol. The summed E-state index contributed by atoms with van der Waals surface area (Å²) in [5, 5.41) is 9.22. The lowest BCUT2D eigenvalue weighted by Crippen LogP contribution is -2.56. The first-order valence-electron chi connectivity index (χ1n) is 11.1. The van der Waals surface area contributed by atoms with E-state index in [2.05, 4.69) is 6.07 Å². The Morgan fingerprint density at radius 3 is 2.62 bits per heavy atom. The summed E-state index contributed by atoms with van der Waals surface area (Å²) >= 11 is 0. The maximum absolute atomic E-state index is 13.0. The number of rotatable bonds is 6. The minimum atomic E-state index is -0.730. The molecule has 32 heavy (non-hydrogen) atoms. The molecular weight excluding hydrogens is 408 g/mol. The van der Waals surface area contributed by atoms with Crippen molar-refractivity contribution >= 4 is 17.7 Å². The van der Waals surface area contributed by atoms with Crippen LogP contribution in [0.25, 0.3) is 0 Å². The van der Waals surface area contributed by atoms with Gasteiger partial charge in [-0.25, -0.2) is 0 Å². The molecule has 3 unspecified atom stereocenters. The number of amides is 3. The highest BCUT2D eigenvalue weighted by atomic mass is 16.2. The molecule has 1 aromatic carbocycles. The van der Waals surface area contributed by atoms with Crippen molar-refractivity contribution in [2.75, 3.05) is 33.7 Å². The van der Waals surface area contributed by atoms with Gasteiger partial charge in [0.25, 0.3) is 5.91 Å². The lowest BCUT2D eigenvalue weighted by molar-refractivity contribution is -0.139. The zero-order chi connectivity index (χ0) is 23.0. The van der Waals surface area contributed by atoms with E-state index in [1.54, 1.807) is 31.1 Å². The Labute approximate surface area is 188 Å². The normalized spacial score (nSPS) is 25.8. The highest BCUT2D eigenvalue weighted by Crippen LogP contribution is 2.33. The molecule has 3 fully saturated rings. The van der Waals surface area contributed by atoms with Crippen molar-refractivity contribution in [3.05, 3.63) is 35.4 Å². The zero-order valence-corrected chi connectivity index (χ0v) is 18.6. The molecule has 9 nitrogen and oxygen atoms in total. The van der Waals surface area contributed by atoms with Gasteiger partial charge in [-0.1, -0.05) is 12.1 Å². The van der Waals surface area contributed by atoms with E-state index < -0.39 is 6.04 Å². The van der Waals surface area contributed by atoms with Gasteiger partial charge in [-0.2, -0.15) is 5.26 Å². The topological polar surface area (TPSA) is 114 Å². The summed E-state index contributed by atoms with van der Waals surface area (Å²) in [5.74, 6) is -0.191. The fourth-order valence-electron chi connectivity index (χ4n) is 5.06. The first kappa shape index (κ1) is 22.2. The van der Waals surface area contributed by atoms with E-state index in [9.17, 15) is 19.6 Å². The first-order valence-corrected chi connectivity index (χ1v) is 11.1. The molecule has 0 radical (unpaired) electrons. The van der Waals surface area contributed by atoms with Gasteiger partial charge < -0.3 is 20.4 Å². The molecule has 2 bridgehead atoms. The van der Waals surface area contributed by atoms with Gasteiger partial charge in [0.1, 0.15) is 6.04 Å². The highest BCUT2D eigenvalue weighted by Gasteiger charge is 2.50. The minimum absolute atomic E-state index is 0.0515. The average molecular weight is 439 g/mol. The molecule has 170 valence electrons. The number of carbonyl (C=O) groups excluding carboxylic acids is 3. The second-order valence-corrected chi connectivity index (χ2v) is 9.15. The quantitative estimate of drug-likeness (QED) is 0.670. The van der Waals surface area contributed by atoms with Crippen LogP contribution in [0.3, 0.4) is 0 Å². The van der Waals surface area contributed by atoms with Crippen molar-refractivity contribution < 1.29 is 14.4 Å². The summed E-state index contributed by atoms with van der Waals surface area (Å²) in [6, 6.07) is 8.27. The van der Waals surface area contributed by atoms with Crippen molar-refractivity contribution in [2.45, 2.75) is 50.0 Å². The molecule has 4 atom stereocenters. The van der Waals surface area contributed by atoms with Crippen LogP contribution in [0.15, 0.2) is 24.3 Å². The molecule has 9 heteroatoms. The maximum Gasteiger partial charge on any atom is 0.253 e. The Morgan fingerprint density at radius 1 is 1.28 bits per heavy atom. The summed E-state index contributed by atoms with van der Waals surface area (Å²) in [4.78, 5) is 44.8. The molecule has 3 amide bonds. The van der Waals surface area contributed by atoms with Crippen LogP contribution in [0, 0.1) is 11.3 Å². The van der Waals surface area contributed by atoms with Gasteiger partial charge in [-0.15, -0.1) is 0 Å². The van der Waals surface area contributed by atoms with Crippen LogP contribution >= 0.6 is 0 Å². The van der Waals surface area contributed by atoms with Crippen LogP contribution in [-0.2, 0) is 16.1 Å².